The smallest absolute Gasteiger partial charge is 0.334 e. The highest BCUT2D eigenvalue weighted by atomic mass is 17.1. The molecule has 0 amide bonds. The van der Waals surface area contributed by atoms with Crippen LogP contribution in [0.3, 0.4) is 0 Å². The highest BCUT2D eigenvalue weighted by Crippen LogP contribution is 2.35. The molecule has 0 spiro atoms. The zero-order chi connectivity index (χ0) is 20.9. The van der Waals surface area contributed by atoms with Crippen LogP contribution in [-0.2, 0) is 24.0 Å². The first-order chi connectivity index (χ1) is 13.1. The monoisotopic (exact) mass is 390 g/mol. The summed E-state index contributed by atoms with van der Waals surface area (Å²) in [7, 11) is 0. The molecular weight excluding hydrogens is 360 g/mol. The molecular formula is C22H30O6. The summed E-state index contributed by atoms with van der Waals surface area (Å²) in [5, 5.41) is 9.32. The van der Waals surface area contributed by atoms with E-state index < -0.39 is 23.8 Å². The van der Waals surface area contributed by atoms with Crippen LogP contribution in [0.5, 0.6) is 0 Å². The molecule has 0 aromatic rings. The Morgan fingerprint density at radius 3 is 2.75 bits per heavy atom. The number of ether oxygens (including phenoxy) is 2. The predicted octanol–water partition coefficient (Wildman–Crippen LogP) is 4.29. The Bertz CT molecular complexity index is 717. The zero-order valence-electron chi connectivity index (χ0n) is 17.1. The first-order valence-electron chi connectivity index (χ1n) is 9.56. The summed E-state index contributed by atoms with van der Waals surface area (Å²) in [4.78, 5) is 28.4. The number of esters is 2. The second kappa shape index (κ2) is 9.34. The first-order valence-corrected chi connectivity index (χ1v) is 9.56. The number of hydrogen-bond acceptors (Lipinski definition) is 6. The number of rotatable bonds is 2. The molecule has 6 nitrogen and oxygen atoms in total. The number of carbonyl (C=O) groups is 2. The molecule has 1 N–H and O–H groups in total. The van der Waals surface area contributed by atoms with Crippen molar-refractivity contribution in [2.45, 2.75) is 71.2 Å². The third-order valence-corrected chi connectivity index (χ3v) is 5.31. The van der Waals surface area contributed by atoms with Crippen LogP contribution in [0.2, 0.25) is 0 Å². The lowest BCUT2D eigenvalue weighted by Gasteiger charge is -2.25. The number of fused-ring (bicyclic) bond motifs is 1. The van der Waals surface area contributed by atoms with Gasteiger partial charge in [0.1, 0.15) is 17.8 Å². The van der Waals surface area contributed by atoms with Crippen molar-refractivity contribution < 1.29 is 29.2 Å². The molecule has 0 bridgehead atoms. The fourth-order valence-corrected chi connectivity index (χ4v) is 3.54. The van der Waals surface area contributed by atoms with Gasteiger partial charge in [0.05, 0.1) is 0 Å². The van der Waals surface area contributed by atoms with Gasteiger partial charge in [-0.2, -0.15) is 0 Å². The molecule has 1 aliphatic heterocycles. The number of carbonyl (C=O) groups excluding carboxylic acids is 2. The summed E-state index contributed by atoms with van der Waals surface area (Å²) >= 11 is 0. The van der Waals surface area contributed by atoms with E-state index in [1.165, 1.54) is 6.92 Å². The lowest BCUT2D eigenvalue weighted by atomic mass is 9.87. The van der Waals surface area contributed by atoms with Crippen LogP contribution in [0.25, 0.3) is 0 Å². The van der Waals surface area contributed by atoms with Gasteiger partial charge in [-0.1, -0.05) is 30.4 Å². The van der Waals surface area contributed by atoms with Gasteiger partial charge in [-0.15, -0.1) is 0 Å². The summed E-state index contributed by atoms with van der Waals surface area (Å²) in [5.74, 6) is -1.05. The van der Waals surface area contributed by atoms with E-state index in [1.54, 1.807) is 6.92 Å². The molecule has 2 aliphatic rings. The second-order valence-corrected chi connectivity index (χ2v) is 7.85. The average Bonchev–Trinajstić information content (AvgIpc) is 2.87. The van der Waals surface area contributed by atoms with Gasteiger partial charge in [0, 0.05) is 18.4 Å². The van der Waals surface area contributed by atoms with Gasteiger partial charge in [0.25, 0.3) is 0 Å². The number of hydrogen-bond donors (Lipinski definition) is 1. The van der Waals surface area contributed by atoms with Gasteiger partial charge in [-0.05, 0) is 58.1 Å². The fourth-order valence-electron chi connectivity index (χ4n) is 3.54. The second-order valence-electron chi connectivity index (χ2n) is 7.85. The van der Waals surface area contributed by atoms with E-state index in [2.05, 4.69) is 6.58 Å². The summed E-state index contributed by atoms with van der Waals surface area (Å²) in [6.45, 7) is 10.9. The van der Waals surface area contributed by atoms with Gasteiger partial charge in [0.2, 0.25) is 0 Å². The van der Waals surface area contributed by atoms with Crippen molar-refractivity contribution in [3.8, 4) is 0 Å². The molecule has 0 aromatic carbocycles. The largest absolute Gasteiger partial charge is 0.458 e. The Labute approximate surface area is 166 Å². The normalized spacial score (nSPS) is 32.0. The SMILES string of the molecule is C=C1C(=O)OC2C=C(C)CC=CC(C)(OO)CCC=C(C)C(OC(C)=O)CC12. The van der Waals surface area contributed by atoms with Gasteiger partial charge in [-0.3, -0.25) is 10.1 Å². The zero-order valence-corrected chi connectivity index (χ0v) is 17.1. The standard InChI is InChI=1S/C22H30O6/c1-14-8-6-10-22(5,28-25)11-7-9-15(2)19(26-17(4)23)13-18-16(3)21(24)27-20(18)12-14/h6,9-10,12,18-20,25H,3,7-8,11,13H2,1-2,4-5H3. The van der Waals surface area contributed by atoms with Crippen molar-refractivity contribution in [3.63, 3.8) is 0 Å². The predicted molar refractivity (Wildman–Crippen MR) is 105 cm³/mol. The van der Waals surface area contributed by atoms with E-state index in [0.29, 0.717) is 31.3 Å². The van der Waals surface area contributed by atoms with E-state index in [4.69, 9.17) is 14.4 Å². The Hall–Kier alpha value is -2.18. The molecule has 1 aliphatic carbocycles. The van der Waals surface area contributed by atoms with Crippen molar-refractivity contribution in [2.24, 2.45) is 5.92 Å². The van der Waals surface area contributed by atoms with Crippen molar-refractivity contribution in [1.82, 2.24) is 0 Å². The topological polar surface area (TPSA) is 82.1 Å². The molecule has 28 heavy (non-hydrogen) atoms. The molecule has 6 heteroatoms. The molecule has 4 unspecified atom stereocenters. The molecule has 1 saturated heterocycles. The molecule has 1 heterocycles. The molecule has 1 fully saturated rings. The van der Waals surface area contributed by atoms with E-state index in [9.17, 15) is 14.8 Å². The van der Waals surface area contributed by atoms with Crippen LogP contribution in [0.15, 0.2) is 47.6 Å². The highest BCUT2D eigenvalue weighted by Gasteiger charge is 2.39. The van der Waals surface area contributed by atoms with Crippen LogP contribution in [0.4, 0.5) is 0 Å². The van der Waals surface area contributed by atoms with Gasteiger partial charge >= 0.3 is 11.9 Å². The summed E-state index contributed by atoms with van der Waals surface area (Å²) in [5.41, 5.74) is 1.49. The van der Waals surface area contributed by atoms with Crippen LogP contribution >= 0.6 is 0 Å². The van der Waals surface area contributed by atoms with Crippen molar-refractivity contribution in [1.29, 1.82) is 0 Å². The van der Waals surface area contributed by atoms with Gasteiger partial charge < -0.3 is 9.47 Å². The Morgan fingerprint density at radius 1 is 1.39 bits per heavy atom. The molecule has 0 saturated carbocycles. The minimum Gasteiger partial charge on any atom is -0.458 e. The molecule has 0 radical (unpaired) electrons. The van der Waals surface area contributed by atoms with E-state index in [-0.39, 0.29) is 11.9 Å². The first kappa shape index (κ1) is 22.1. The van der Waals surface area contributed by atoms with Crippen LogP contribution < -0.4 is 0 Å². The van der Waals surface area contributed by atoms with Crippen molar-refractivity contribution in [2.75, 3.05) is 0 Å². The van der Waals surface area contributed by atoms with Crippen LogP contribution in [-0.4, -0.2) is 35.0 Å². The van der Waals surface area contributed by atoms with Crippen molar-refractivity contribution in [3.05, 3.63) is 47.6 Å². The minimum atomic E-state index is -0.811. The summed E-state index contributed by atoms with van der Waals surface area (Å²) in [6, 6.07) is 0. The van der Waals surface area contributed by atoms with Crippen molar-refractivity contribution >= 4 is 11.9 Å². The fraction of sp³-hybridized carbons (Fsp3) is 0.545. The maximum atomic E-state index is 12.1. The summed E-state index contributed by atoms with van der Waals surface area (Å²) in [6.07, 6.45) is 8.98. The molecule has 0 aromatic heterocycles. The van der Waals surface area contributed by atoms with Gasteiger partial charge in [-0.25, -0.2) is 9.68 Å². The third kappa shape index (κ3) is 5.66. The molecule has 154 valence electrons. The average molecular weight is 390 g/mol. The highest BCUT2D eigenvalue weighted by molar-refractivity contribution is 5.91. The summed E-state index contributed by atoms with van der Waals surface area (Å²) < 4.78 is 11.0. The maximum Gasteiger partial charge on any atom is 0.334 e. The molecule has 2 rings (SSSR count). The quantitative estimate of drug-likeness (QED) is 0.249. The van der Waals surface area contributed by atoms with Crippen LogP contribution in [0, 0.1) is 5.92 Å². The third-order valence-electron chi connectivity index (χ3n) is 5.31. The Kier molecular flexibility index (Phi) is 7.38. The minimum absolute atomic E-state index is 0.256. The van der Waals surface area contributed by atoms with Gasteiger partial charge in [0.15, 0.2) is 0 Å². The van der Waals surface area contributed by atoms with E-state index >= 15 is 0 Å². The Balaban J connectivity index is 2.41. The van der Waals surface area contributed by atoms with E-state index in [1.807, 2.05) is 38.2 Å². The lowest BCUT2D eigenvalue weighted by Crippen LogP contribution is -2.27. The van der Waals surface area contributed by atoms with E-state index in [0.717, 1.165) is 11.1 Å². The van der Waals surface area contributed by atoms with Crippen LogP contribution in [0.1, 0.15) is 53.4 Å². The Morgan fingerprint density at radius 2 is 2.11 bits per heavy atom. The maximum absolute atomic E-state index is 12.1. The lowest BCUT2D eigenvalue weighted by molar-refractivity contribution is -0.303. The number of allylic oxidation sites excluding steroid dienone is 3. The molecule has 4 atom stereocenters.